The molecular weight excluding hydrogens is 250 g/mol. The van der Waals surface area contributed by atoms with Crippen molar-refractivity contribution in [1.29, 1.82) is 0 Å². The highest BCUT2D eigenvalue weighted by molar-refractivity contribution is 5.22. The third-order valence-corrected chi connectivity index (χ3v) is 4.56. The number of rotatable bonds is 7. The van der Waals surface area contributed by atoms with Gasteiger partial charge in [-0.2, -0.15) is 0 Å². The number of aliphatic hydroxyl groups is 1. The highest BCUT2D eigenvalue weighted by atomic mass is 16.5. The second kappa shape index (κ2) is 6.70. The van der Waals surface area contributed by atoms with Crippen LogP contribution in [0.25, 0.3) is 0 Å². The highest BCUT2D eigenvalue weighted by Crippen LogP contribution is 2.42. The average Bonchev–Trinajstić information content (AvgIpc) is 2.46. The lowest BCUT2D eigenvalue weighted by Gasteiger charge is -2.52. The number of ether oxygens (including phenoxy) is 1. The number of hydrogen-bond acceptors (Lipinski definition) is 3. The monoisotopic (exact) mass is 277 g/mol. The molecule has 0 saturated heterocycles. The van der Waals surface area contributed by atoms with Crippen molar-refractivity contribution >= 4 is 0 Å². The standard InChI is InChI=1S/C17H27NO2/c1-4-20-16-11-15(17(16,2)3)18-10-9-13-5-7-14(12-19)8-6-13/h5-8,15-16,18-19H,4,9-12H2,1-3H3. The van der Waals surface area contributed by atoms with Gasteiger partial charge < -0.3 is 15.2 Å². The summed E-state index contributed by atoms with van der Waals surface area (Å²) in [6.45, 7) is 8.54. The van der Waals surface area contributed by atoms with Gasteiger partial charge in [0, 0.05) is 18.1 Å². The Balaban J connectivity index is 1.73. The lowest BCUT2D eigenvalue weighted by molar-refractivity contribution is -0.113. The fraction of sp³-hybridized carbons (Fsp3) is 0.647. The van der Waals surface area contributed by atoms with Crippen molar-refractivity contribution in [1.82, 2.24) is 5.32 Å². The number of aliphatic hydroxyl groups excluding tert-OH is 1. The van der Waals surface area contributed by atoms with E-state index in [1.807, 2.05) is 12.1 Å². The van der Waals surface area contributed by atoms with Crippen LogP contribution in [0.4, 0.5) is 0 Å². The van der Waals surface area contributed by atoms with E-state index in [1.54, 1.807) is 0 Å². The molecule has 0 amide bonds. The van der Waals surface area contributed by atoms with Crippen molar-refractivity contribution in [3.05, 3.63) is 35.4 Å². The highest BCUT2D eigenvalue weighted by Gasteiger charge is 2.48. The molecule has 112 valence electrons. The summed E-state index contributed by atoms with van der Waals surface area (Å²) in [4.78, 5) is 0. The van der Waals surface area contributed by atoms with Gasteiger partial charge in [-0.25, -0.2) is 0 Å². The smallest absolute Gasteiger partial charge is 0.0681 e. The second-order valence-electron chi connectivity index (χ2n) is 6.23. The summed E-state index contributed by atoms with van der Waals surface area (Å²) < 4.78 is 5.75. The molecule has 2 unspecified atom stereocenters. The Morgan fingerprint density at radius 3 is 2.45 bits per heavy atom. The van der Waals surface area contributed by atoms with Crippen LogP contribution in [0.1, 0.15) is 38.3 Å². The molecular formula is C17H27NO2. The third kappa shape index (κ3) is 3.40. The van der Waals surface area contributed by atoms with E-state index in [0.29, 0.717) is 12.1 Å². The van der Waals surface area contributed by atoms with Crippen LogP contribution in [-0.4, -0.2) is 30.4 Å². The quantitative estimate of drug-likeness (QED) is 0.804. The zero-order valence-electron chi connectivity index (χ0n) is 12.9. The number of benzene rings is 1. The van der Waals surface area contributed by atoms with Gasteiger partial charge >= 0.3 is 0 Å². The average molecular weight is 277 g/mol. The van der Waals surface area contributed by atoms with E-state index in [4.69, 9.17) is 9.84 Å². The molecule has 0 aromatic heterocycles. The number of hydrogen-bond donors (Lipinski definition) is 2. The van der Waals surface area contributed by atoms with Crippen LogP contribution in [0.3, 0.4) is 0 Å². The maximum atomic E-state index is 9.02. The van der Waals surface area contributed by atoms with Crippen LogP contribution in [-0.2, 0) is 17.8 Å². The molecule has 1 aromatic rings. The van der Waals surface area contributed by atoms with E-state index in [2.05, 4.69) is 38.2 Å². The Labute approximate surface area is 122 Å². The Morgan fingerprint density at radius 2 is 1.90 bits per heavy atom. The summed E-state index contributed by atoms with van der Waals surface area (Å²) in [6.07, 6.45) is 2.54. The molecule has 20 heavy (non-hydrogen) atoms. The molecule has 0 spiro atoms. The van der Waals surface area contributed by atoms with Crippen LogP contribution >= 0.6 is 0 Å². The molecule has 2 rings (SSSR count). The molecule has 0 bridgehead atoms. The van der Waals surface area contributed by atoms with Gasteiger partial charge in [0.1, 0.15) is 0 Å². The van der Waals surface area contributed by atoms with Gasteiger partial charge in [-0.3, -0.25) is 0 Å². The van der Waals surface area contributed by atoms with E-state index in [9.17, 15) is 0 Å². The molecule has 0 heterocycles. The van der Waals surface area contributed by atoms with Gasteiger partial charge in [0.25, 0.3) is 0 Å². The first-order chi connectivity index (χ1) is 9.57. The Kier molecular flexibility index (Phi) is 5.19. The van der Waals surface area contributed by atoms with Crippen LogP contribution in [0.15, 0.2) is 24.3 Å². The van der Waals surface area contributed by atoms with Gasteiger partial charge in [-0.05, 0) is 37.4 Å². The largest absolute Gasteiger partial charge is 0.392 e. The third-order valence-electron chi connectivity index (χ3n) is 4.56. The molecule has 0 radical (unpaired) electrons. The fourth-order valence-corrected chi connectivity index (χ4v) is 2.92. The zero-order valence-corrected chi connectivity index (χ0v) is 12.9. The topological polar surface area (TPSA) is 41.5 Å². The van der Waals surface area contributed by atoms with Gasteiger partial charge in [0.05, 0.1) is 12.7 Å². The molecule has 0 aliphatic heterocycles. The van der Waals surface area contributed by atoms with E-state index >= 15 is 0 Å². The molecule has 1 fully saturated rings. The molecule has 1 saturated carbocycles. The number of nitrogens with one attached hydrogen (secondary N) is 1. The van der Waals surface area contributed by atoms with Crippen molar-refractivity contribution in [2.45, 2.75) is 52.4 Å². The van der Waals surface area contributed by atoms with E-state index < -0.39 is 0 Å². The molecule has 3 nitrogen and oxygen atoms in total. The molecule has 1 aliphatic rings. The lowest BCUT2D eigenvalue weighted by atomic mass is 9.64. The van der Waals surface area contributed by atoms with Crippen LogP contribution in [0.5, 0.6) is 0 Å². The van der Waals surface area contributed by atoms with E-state index in [-0.39, 0.29) is 12.0 Å². The van der Waals surface area contributed by atoms with Crippen molar-refractivity contribution < 1.29 is 9.84 Å². The summed E-state index contributed by atoms with van der Waals surface area (Å²) in [5.41, 5.74) is 2.52. The first kappa shape index (κ1) is 15.5. The Bertz CT molecular complexity index is 414. The van der Waals surface area contributed by atoms with Gasteiger partial charge in [0.2, 0.25) is 0 Å². The molecule has 2 atom stereocenters. The molecule has 1 aromatic carbocycles. The fourth-order valence-electron chi connectivity index (χ4n) is 2.92. The maximum absolute atomic E-state index is 9.02. The summed E-state index contributed by atoms with van der Waals surface area (Å²) in [5, 5.41) is 12.7. The predicted octanol–water partition coefficient (Wildman–Crippen LogP) is 2.51. The van der Waals surface area contributed by atoms with Crippen molar-refractivity contribution in [3.8, 4) is 0 Å². The first-order valence-corrected chi connectivity index (χ1v) is 7.61. The molecule has 1 aliphatic carbocycles. The van der Waals surface area contributed by atoms with Crippen molar-refractivity contribution in [2.75, 3.05) is 13.2 Å². The van der Waals surface area contributed by atoms with Gasteiger partial charge in [-0.1, -0.05) is 38.1 Å². The van der Waals surface area contributed by atoms with Gasteiger partial charge in [-0.15, -0.1) is 0 Å². The zero-order chi connectivity index (χ0) is 14.6. The van der Waals surface area contributed by atoms with Crippen LogP contribution in [0.2, 0.25) is 0 Å². The second-order valence-corrected chi connectivity index (χ2v) is 6.23. The predicted molar refractivity (Wildman–Crippen MR) is 81.7 cm³/mol. The maximum Gasteiger partial charge on any atom is 0.0681 e. The van der Waals surface area contributed by atoms with Crippen molar-refractivity contribution in [2.24, 2.45) is 5.41 Å². The minimum atomic E-state index is 0.119. The van der Waals surface area contributed by atoms with E-state index in [1.165, 1.54) is 5.56 Å². The Morgan fingerprint density at radius 1 is 1.25 bits per heavy atom. The Hall–Kier alpha value is -0.900. The summed E-state index contributed by atoms with van der Waals surface area (Å²) in [5.74, 6) is 0. The molecule has 3 heteroatoms. The minimum absolute atomic E-state index is 0.119. The summed E-state index contributed by atoms with van der Waals surface area (Å²) in [7, 11) is 0. The summed E-state index contributed by atoms with van der Waals surface area (Å²) in [6, 6.07) is 8.74. The van der Waals surface area contributed by atoms with Crippen molar-refractivity contribution in [3.63, 3.8) is 0 Å². The normalized spacial score (nSPS) is 24.4. The first-order valence-electron chi connectivity index (χ1n) is 7.61. The van der Waals surface area contributed by atoms with Crippen LogP contribution < -0.4 is 5.32 Å². The van der Waals surface area contributed by atoms with Gasteiger partial charge in [0.15, 0.2) is 0 Å². The minimum Gasteiger partial charge on any atom is -0.392 e. The molecule has 2 N–H and O–H groups in total. The SMILES string of the molecule is CCOC1CC(NCCc2ccc(CO)cc2)C1(C)C. The van der Waals surface area contributed by atoms with E-state index in [0.717, 1.165) is 31.6 Å². The van der Waals surface area contributed by atoms with Crippen LogP contribution in [0, 0.1) is 5.41 Å². The lowest BCUT2D eigenvalue weighted by Crippen LogP contribution is -2.61. The summed E-state index contributed by atoms with van der Waals surface area (Å²) >= 11 is 0.